The quantitative estimate of drug-likeness (QED) is 0.538. The number of likely N-dealkylation sites (tertiary alicyclic amines) is 1. The molecule has 2 fully saturated rings. The highest BCUT2D eigenvalue weighted by molar-refractivity contribution is 6.05. The van der Waals surface area contributed by atoms with Crippen LogP contribution in [0.4, 0.5) is 26.8 Å². The van der Waals surface area contributed by atoms with E-state index in [0.717, 1.165) is 23.0 Å². The summed E-state index contributed by atoms with van der Waals surface area (Å²) in [5, 5.41) is 16.0. The molecule has 0 aliphatic carbocycles. The van der Waals surface area contributed by atoms with Gasteiger partial charge in [-0.3, -0.25) is 15.3 Å². The Morgan fingerprint density at radius 3 is 2.65 bits per heavy atom. The SMILES string of the molecule is CC(C)(C)C12C[C@@H](CN1c1ccc3nccc(NC(=O)Nc4cnccn4)c3c1)N(C(=O)O)C2. The van der Waals surface area contributed by atoms with Crippen LogP contribution in [-0.2, 0) is 0 Å². The zero-order chi connectivity index (χ0) is 24.1. The number of aromatic nitrogens is 3. The lowest BCUT2D eigenvalue weighted by molar-refractivity contribution is 0.116. The molecular weight excluding hydrogens is 434 g/mol. The summed E-state index contributed by atoms with van der Waals surface area (Å²) in [6, 6.07) is 7.27. The van der Waals surface area contributed by atoms with Crippen LogP contribution in [0, 0.1) is 5.41 Å². The number of carboxylic acid groups (broad SMARTS) is 1. The molecule has 2 aliphatic rings. The Morgan fingerprint density at radius 1 is 1.12 bits per heavy atom. The molecule has 5 rings (SSSR count). The van der Waals surface area contributed by atoms with E-state index in [2.05, 4.69) is 51.3 Å². The fourth-order valence-corrected chi connectivity index (χ4v) is 5.29. The number of nitrogens with one attached hydrogen (secondary N) is 2. The average Bonchev–Trinajstić information content (AvgIpc) is 3.38. The Labute approximate surface area is 197 Å². The molecular formula is C24H27N7O3. The molecule has 2 atom stereocenters. The number of carbonyl (C=O) groups excluding carboxylic acids is 1. The smallest absolute Gasteiger partial charge is 0.407 e. The molecule has 176 valence electrons. The van der Waals surface area contributed by atoms with E-state index in [0.29, 0.717) is 24.6 Å². The number of hydrogen-bond donors (Lipinski definition) is 3. The average molecular weight is 462 g/mol. The van der Waals surface area contributed by atoms with Crippen LogP contribution < -0.4 is 15.5 Å². The summed E-state index contributed by atoms with van der Waals surface area (Å²) >= 11 is 0. The number of benzene rings is 1. The summed E-state index contributed by atoms with van der Waals surface area (Å²) in [7, 11) is 0. The summed E-state index contributed by atoms with van der Waals surface area (Å²) in [6.07, 6.45) is 6.09. The van der Waals surface area contributed by atoms with Gasteiger partial charge in [0.05, 0.1) is 29.0 Å². The molecule has 2 aromatic heterocycles. The van der Waals surface area contributed by atoms with E-state index >= 15 is 0 Å². The standard InChI is InChI=1S/C24H27N7O3/c1-23(2,3)24-11-16(30(14-24)22(33)34)13-31(24)15-4-5-18-17(10-15)19(6-7-26-18)28-21(32)29-20-12-25-8-9-27-20/h4-10,12,16H,11,13-14H2,1-3H3,(H,33,34)(H2,26,27,28,29,32)/t16-,24?/m0/s1. The third-order valence-corrected chi connectivity index (χ3v) is 7.09. The number of anilines is 3. The molecule has 0 spiro atoms. The Morgan fingerprint density at radius 2 is 1.94 bits per heavy atom. The molecule has 1 aromatic carbocycles. The Balaban J connectivity index is 1.47. The highest BCUT2D eigenvalue weighted by Crippen LogP contribution is 2.52. The predicted molar refractivity (Wildman–Crippen MR) is 129 cm³/mol. The topological polar surface area (TPSA) is 124 Å². The summed E-state index contributed by atoms with van der Waals surface area (Å²) in [6.45, 7) is 7.60. The Kier molecular flexibility index (Phi) is 5.03. The Bertz CT molecular complexity index is 1260. The van der Waals surface area contributed by atoms with Crippen molar-refractivity contribution in [3.8, 4) is 0 Å². The first-order valence-corrected chi connectivity index (χ1v) is 11.2. The van der Waals surface area contributed by atoms with Gasteiger partial charge in [-0.2, -0.15) is 0 Å². The molecule has 3 aromatic rings. The molecule has 4 heterocycles. The van der Waals surface area contributed by atoms with Crippen molar-refractivity contribution in [1.29, 1.82) is 0 Å². The van der Waals surface area contributed by atoms with Gasteiger partial charge >= 0.3 is 12.1 Å². The van der Waals surface area contributed by atoms with Crippen LogP contribution in [0.1, 0.15) is 27.2 Å². The molecule has 1 unspecified atom stereocenters. The van der Waals surface area contributed by atoms with Crippen LogP contribution in [-0.4, -0.2) is 61.8 Å². The third-order valence-electron chi connectivity index (χ3n) is 7.09. The van der Waals surface area contributed by atoms with E-state index in [4.69, 9.17) is 0 Å². The maximum atomic E-state index is 12.6. The number of amides is 3. The van der Waals surface area contributed by atoms with E-state index in [1.54, 1.807) is 17.2 Å². The van der Waals surface area contributed by atoms with Crippen molar-refractivity contribution in [3.05, 3.63) is 49.1 Å². The van der Waals surface area contributed by atoms with Crippen molar-refractivity contribution < 1.29 is 14.7 Å². The van der Waals surface area contributed by atoms with Crippen molar-refractivity contribution in [2.45, 2.75) is 38.8 Å². The van der Waals surface area contributed by atoms with Crippen LogP contribution in [0.5, 0.6) is 0 Å². The van der Waals surface area contributed by atoms with Gasteiger partial charge in [-0.15, -0.1) is 0 Å². The third kappa shape index (κ3) is 3.55. The second-order valence-corrected chi connectivity index (χ2v) is 9.89. The number of rotatable bonds is 3. The van der Waals surface area contributed by atoms with Gasteiger partial charge in [0.25, 0.3) is 0 Å². The highest BCUT2D eigenvalue weighted by Gasteiger charge is 2.61. The van der Waals surface area contributed by atoms with E-state index in [1.807, 2.05) is 18.2 Å². The van der Waals surface area contributed by atoms with Gasteiger partial charge in [-0.1, -0.05) is 20.8 Å². The van der Waals surface area contributed by atoms with Gasteiger partial charge in [0.2, 0.25) is 0 Å². The summed E-state index contributed by atoms with van der Waals surface area (Å²) in [4.78, 5) is 40.8. The molecule has 2 saturated heterocycles. The number of piperazine rings is 1. The molecule has 3 amide bonds. The number of urea groups is 1. The molecule has 34 heavy (non-hydrogen) atoms. The number of hydrogen-bond acceptors (Lipinski definition) is 6. The summed E-state index contributed by atoms with van der Waals surface area (Å²) in [5.74, 6) is 0.349. The lowest BCUT2D eigenvalue weighted by atomic mass is 9.72. The molecule has 3 N–H and O–H groups in total. The molecule has 0 radical (unpaired) electrons. The van der Waals surface area contributed by atoms with Crippen LogP contribution in [0.15, 0.2) is 49.1 Å². The van der Waals surface area contributed by atoms with Crippen molar-refractivity contribution in [2.24, 2.45) is 5.41 Å². The van der Waals surface area contributed by atoms with Crippen LogP contribution in [0.25, 0.3) is 10.9 Å². The van der Waals surface area contributed by atoms with Gasteiger partial charge in [0.1, 0.15) is 0 Å². The summed E-state index contributed by atoms with van der Waals surface area (Å²) in [5.41, 5.74) is 1.90. The molecule has 2 bridgehead atoms. The van der Waals surface area contributed by atoms with E-state index in [1.165, 1.54) is 18.6 Å². The highest BCUT2D eigenvalue weighted by atomic mass is 16.4. The van der Waals surface area contributed by atoms with E-state index < -0.39 is 12.1 Å². The molecule has 2 aliphatic heterocycles. The number of nitrogens with zero attached hydrogens (tertiary/aromatic N) is 5. The van der Waals surface area contributed by atoms with Crippen LogP contribution in [0.2, 0.25) is 0 Å². The summed E-state index contributed by atoms with van der Waals surface area (Å²) < 4.78 is 0. The minimum atomic E-state index is -0.862. The zero-order valence-electron chi connectivity index (χ0n) is 19.3. The van der Waals surface area contributed by atoms with Gasteiger partial charge in [-0.05, 0) is 36.1 Å². The lowest BCUT2D eigenvalue weighted by Gasteiger charge is -2.50. The van der Waals surface area contributed by atoms with Gasteiger partial charge in [0.15, 0.2) is 5.82 Å². The molecule has 10 heteroatoms. The first kappa shape index (κ1) is 21.9. The monoisotopic (exact) mass is 461 g/mol. The number of pyridine rings is 1. The normalized spacial score (nSPS) is 21.7. The zero-order valence-corrected chi connectivity index (χ0v) is 19.3. The maximum Gasteiger partial charge on any atom is 0.407 e. The fraction of sp³-hybridized carbons (Fsp3) is 0.375. The second-order valence-electron chi connectivity index (χ2n) is 9.89. The number of fused-ring (bicyclic) bond motifs is 3. The fourth-order valence-electron chi connectivity index (χ4n) is 5.29. The van der Waals surface area contributed by atoms with Crippen molar-refractivity contribution in [2.75, 3.05) is 28.6 Å². The first-order chi connectivity index (χ1) is 16.2. The van der Waals surface area contributed by atoms with Gasteiger partial charge in [-0.25, -0.2) is 14.6 Å². The van der Waals surface area contributed by atoms with Gasteiger partial charge < -0.3 is 20.2 Å². The predicted octanol–water partition coefficient (Wildman–Crippen LogP) is 4.03. The minimum absolute atomic E-state index is 0.0447. The van der Waals surface area contributed by atoms with E-state index in [-0.39, 0.29) is 17.0 Å². The molecule has 0 saturated carbocycles. The second kappa shape index (κ2) is 7.82. The first-order valence-electron chi connectivity index (χ1n) is 11.2. The lowest BCUT2D eigenvalue weighted by Crippen LogP contribution is -2.61. The van der Waals surface area contributed by atoms with Crippen molar-refractivity contribution in [1.82, 2.24) is 19.9 Å². The van der Waals surface area contributed by atoms with Crippen LogP contribution in [0.3, 0.4) is 0 Å². The van der Waals surface area contributed by atoms with E-state index in [9.17, 15) is 14.7 Å². The molecule has 10 nitrogen and oxygen atoms in total. The largest absolute Gasteiger partial charge is 0.465 e. The minimum Gasteiger partial charge on any atom is -0.465 e. The maximum absolute atomic E-state index is 12.6. The van der Waals surface area contributed by atoms with Crippen LogP contribution >= 0.6 is 0 Å². The van der Waals surface area contributed by atoms with Crippen molar-refractivity contribution >= 4 is 40.2 Å². The van der Waals surface area contributed by atoms with Crippen molar-refractivity contribution in [3.63, 3.8) is 0 Å². The number of carbonyl (C=O) groups is 2. The Hall–Kier alpha value is -3.95. The van der Waals surface area contributed by atoms with Gasteiger partial charge in [0, 0.05) is 42.8 Å².